The quantitative estimate of drug-likeness (QED) is 0.731. The third-order valence-corrected chi connectivity index (χ3v) is 4.27. The van der Waals surface area contributed by atoms with Gasteiger partial charge in [-0.3, -0.25) is 14.4 Å². The topological polar surface area (TPSA) is 107 Å². The van der Waals surface area contributed by atoms with Crippen LogP contribution in [0, 0.1) is 6.92 Å². The van der Waals surface area contributed by atoms with E-state index in [-0.39, 0.29) is 12.5 Å². The van der Waals surface area contributed by atoms with Crippen molar-refractivity contribution in [2.45, 2.75) is 38.3 Å². The van der Waals surface area contributed by atoms with Crippen LogP contribution in [-0.4, -0.2) is 33.2 Å². The molecule has 1 aliphatic rings. The van der Waals surface area contributed by atoms with Gasteiger partial charge < -0.3 is 15.6 Å². The molecular formula is C18H20N4O3. The first-order valence-corrected chi connectivity index (χ1v) is 8.19. The number of carbonyl (C=O) groups is 3. The molecule has 2 amide bonds. The number of benzene rings is 1. The number of ketones is 1. The van der Waals surface area contributed by atoms with Crippen LogP contribution >= 0.6 is 0 Å². The zero-order chi connectivity index (χ0) is 18.0. The van der Waals surface area contributed by atoms with Gasteiger partial charge in [-0.2, -0.15) is 0 Å². The number of nitrogens with zero attached hydrogens (tertiary/aromatic N) is 2. The average Bonchev–Trinajstić information content (AvgIpc) is 3.36. The molecule has 1 heterocycles. The van der Waals surface area contributed by atoms with E-state index in [1.54, 1.807) is 0 Å². The lowest BCUT2D eigenvalue weighted by Crippen LogP contribution is -2.47. The molecule has 0 radical (unpaired) electrons. The van der Waals surface area contributed by atoms with Crippen LogP contribution in [0.4, 0.5) is 0 Å². The standard InChI is InChI=1S/C18H20N4O3/c1-11-20-10-15(22(11)13-7-8-13)18(25)21-14(16(23)17(19)24)9-12-5-3-2-4-6-12/h2-6,10,13-14H,7-9H2,1H3,(H2,19,24)(H,21,25). The number of nitrogens with one attached hydrogen (secondary N) is 1. The summed E-state index contributed by atoms with van der Waals surface area (Å²) in [4.78, 5) is 40.3. The highest BCUT2D eigenvalue weighted by atomic mass is 16.2. The van der Waals surface area contributed by atoms with Crippen molar-refractivity contribution < 1.29 is 14.4 Å². The van der Waals surface area contributed by atoms with E-state index in [0.717, 1.165) is 24.2 Å². The van der Waals surface area contributed by atoms with Crippen molar-refractivity contribution in [2.75, 3.05) is 0 Å². The van der Waals surface area contributed by atoms with Crippen LogP contribution in [0.5, 0.6) is 0 Å². The van der Waals surface area contributed by atoms with Crippen molar-refractivity contribution in [1.82, 2.24) is 14.9 Å². The first-order valence-electron chi connectivity index (χ1n) is 8.19. The Hall–Kier alpha value is -2.96. The van der Waals surface area contributed by atoms with Gasteiger partial charge in [0.05, 0.1) is 6.20 Å². The minimum atomic E-state index is -1.06. The van der Waals surface area contributed by atoms with E-state index in [1.165, 1.54) is 6.20 Å². The summed E-state index contributed by atoms with van der Waals surface area (Å²) in [6.45, 7) is 1.84. The molecule has 130 valence electrons. The molecule has 3 N–H and O–H groups in total. The number of aryl methyl sites for hydroxylation is 1. The number of hydrogen-bond donors (Lipinski definition) is 2. The van der Waals surface area contributed by atoms with Crippen LogP contribution in [0.25, 0.3) is 0 Å². The van der Waals surface area contributed by atoms with E-state index in [4.69, 9.17) is 5.73 Å². The van der Waals surface area contributed by atoms with Gasteiger partial charge in [0.25, 0.3) is 11.8 Å². The van der Waals surface area contributed by atoms with Crippen molar-refractivity contribution in [3.63, 3.8) is 0 Å². The minimum absolute atomic E-state index is 0.199. The van der Waals surface area contributed by atoms with E-state index >= 15 is 0 Å². The summed E-state index contributed by atoms with van der Waals surface area (Å²) in [5, 5.41) is 2.65. The van der Waals surface area contributed by atoms with Gasteiger partial charge >= 0.3 is 0 Å². The van der Waals surface area contributed by atoms with Crippen LogP contribution in [-0.2, 0) is 16.0 Å². The Morgan fingerprint density at radius 1 is 1.28 bits per heavy atom. The third-order valence-electron chi connectivity index (χ3n) is 4.27. The molecule has 2 aromatic rings. The van der Waals surface area contributed by atoms with Gasteiger partial charge in [0.1, 0.15) is 17.6 Å². The van der Waals surface area contributed by atoms with Gasteiger partial charge in [-0.1, -0.05) is 30.3 Å². The van der Waals surface area contributed by atoms with Crippen molar-refractivity contribution in [2.24, 2.45) is 5.73 Å². The molecule has 1 unspecified atom stereocenters. The number of aromatic nitrogens is 2. The summed E-state index contributed by atoms with van der Waals surface area (Å²) >= 11 is 0. The number of amides is 2. The largest absolute Gasteiger partial charge is 0.363 e. The molecule has 0 saturated heterocycles. The Kier molecular flexibility index (Phi) is 4.65. The number of imidazole rings is 1. The maximum Gasteiger partial charge on any atom is 0.287 e. The van der Waals surface area contributed by atoms with Gasteiger partial charge in [0.15, 0.2) is 0 Å². The third kappa shape index (κ3) is 3.76. The number of hydrogen-bond acceptors (Lipinski definition) is 4. The predicted octanol–water partition coefficient (Wildman–Crippen LogP) is 0.922. The van der Waals surface area contributed by atoms with Crippen LogP contribution in [0.2, 0.25) is 0 Å². The number of rotatable bonds is 7. The van der Waals surface area contributed by atoms with Crippen molar-refractivity contribution in [3.8, 4) is 0 Å². The molecule has 0 spiro atoms. The SMILES string of the molecule is Cc1ncc(C(=O)NC(Cc2ccccc2)C(=O)C(N)=O)n1C1CC1. The molecule has 1 fully saturated rings. The molecule has 1 aromatic carbocycles. The molecule has 7 heteroatoms. The molecule has 1 aromatic heterocycles. The molecular weight excluding hydrogens is 320 g/mol. The lowest BCUT2D eigenvalue weighted by molar-refractivity contribution is -0.137. The highest BCUT2D eigenvalue weighted by molar-refractivity contribution is 6.38. The van der Waals surface area contributed by atoms with Crippen molar-refractivity contribution in [3.05, 3.63) is 53.6 Å². The fourth-order valence-electron chi connectivity index (χ4n) is 2.88. The summed E-state index contributed by atoms with van der Waals surface area (Å²) in [6.07, 6.45) is 3.71. The number of nitrogens with two attached hydrogens (primary N) is 1. The molecule has 25 heavy (non-hydrogen) atoms. The van der Waals surface area contributed by atoms with Crippen LogP contribution < -0.4 is 11.1 Å². The van der Waals surface area contributed by atoms with Gasteiger partial charge in [-0.05, 0) is 25.3 Å². The summed E-state index contributed by atoms with van der Waals surface area (Å²) < 4.78 is 1.88. The maximum absolute atomic E-state index is 12.7. The highest BCUT2D eigenvalue weighted by Gasteiger charge is 2.31. The maximum atomic E-state index is 12.7. The lowest BCUT2D eigenvalue weighted by Gasteiger charge is -2.17. The predicted molar refractivity (Wildman–Crippen MR) is 90.8 cm³/mol. The van der Waals surface area contributed by atoms with E-state index < -0.39 is 23.6 Å². The van der Waals surface area contributed by atoms with E-state index in [0.29, 0.717) is 5.69 Å². The Morgan fingerprint density at radius 2 is 1.96 bits per heavy atom. The number of carbonyl (C=O) groups excluding carboxylic acids is 3. The molecule has 3 rings (SSSR count). The molecule has 0 aliphatic heterocycles. The number of primary amides is 1. The van der Waals surface area contributed by atoms with Gasteiger partial charge in [0, 0.05) is 12.5 Å². The van der Waals surface area contributed by atoms with Gasteiger partial charge in [-0.15, -0.1) is 0 Å². The molecule has 1 aliphatic carbocycles. The van der Waals surface area contributed by atoms with Crippen molar-refractivity contribution in [1.29, 1.82) is 0 Å². The van der Waals surface area contributed by atoms with Crippen molar-refractivity contribution >= 4 is 17.6 Å². The second-order valence-electron chi connectivity index (χ2n) is 6.24. The first-order chi connectivity index (χ1) is 12.0. The van der Waals surface area contributed by atoms with Crippen LogP contribution in [0.15, 0.2) is 36.5 Å². The lowest BCUT2D eigenvalue weighted by atomic mass is 10.0. The summed E-state index contributed by atoms with van der Waals surface area (Å²) in [5.74, 6) is -1.55. The smallest absolute Gasteiger partial charge is 0.287 e. The number of Topliss-reactive ketones (excluding diaryl/α,β-unsaturated/α-hetero) is 1. The van der Waals surface area contributed by atoms with E-state index in [1.807, 2.05) is 41.8 Å². The Balaban J connectivity index is 1.81. The normalized spacial score (nSPS) is 14.8. The Bertz CT molecular complexity index is 809. The van der Waals surface area contributed by atoms with Gasteiger partial charge in [0.2, 0.25) is 5.78 Å². The monoisotopic (exact) mass is 340 g/mol. The zero-order valence-corrected chi connectivity index (χ0v) is 13.9. The zero-order valence-electron chi connectivity index (χ0n) is 13.9. The summed E-state index contributed by atoms with van der Waals surface area (Å²) in [5.41, 5.74) is 6.37. The van der Waals surface area contributed by atoms with E-state index in [2.05, 4.69) is 10.3 Å². The molecule has 1 atom stereocenters. The Labute approximate surface area is 145 Å². The van der Waals surface area contributed by atoms with E-state index in [9.17, 15) is 14.4 Å². The second-order valence-corrected chi connectivity index (χ2v) is 6.24. The highest BCUT2D eigenvalue weighted by Crippen LogP contribution is 2.36. The fraction of sp³-hybridized carbons (Fsp3) is 0.333. The second kappa shape index (κ2) is 6.88. The summed E-state index contributed by atoms with van der Waals surface area (Å²) in [6, 6.07) is 8.43. The average molecular weight is 340 g/mol. The summed E-state index contributed by atoms with van der Waals surface area (Å²) in [7, 11) is 0. The van der Waals surface area contributed by atoms with Crippen LogP contribution in [0.3, 0.4) is 0 Å². The van der Waals surface area contributed by atoms with Gasteiger partial charge in [-0.25, -0.2) is 4.98 Å². The van der Waals surface area contributed by atoms with Crippen LogP contribution in [0.1, 0.15) is 40.8 Å². The molecule has 0 bridgehead atoms. The molecule has 1 saturated carbocycles. The Morgan fingerprint density at radius 3 is 2.56 bits per heavy atom. The first kappa shape index (κ1) is 16.9. The fourth-order valence-corrected chi connectivity index (χ4v) is 2.88. The minimum Gasteiger partial charge on any atom is -0.363 e. The molecule has 7 nitrogen and oxygen atoms in total.